The van der Waals surface area contributed by atoms with Crippen LogP contribution in [0.25, 0.3) is 0 Å². The topological polar surface area (TPSA) is 41.1 Å². The van der Waals surface area contributed by atoms with Gasteiger partial charge < -0.3 is 5.43 Å². The van der Waals surface area contributed by atoms with Crippen LogP contribution in [-0.2, 0) is 0 Å². The average molecular weight is 225 g/mol. The van der Waals surface area contributed by atoms with E-state index in [1.165, 1.54) is 0 Å². The molecule has 0 unspecified atom stereocenters. The number of hydrogen-bond acceptors (Lipinski definition) is 2. The van der Waals surface area contributed by atoms with Gasteiger partial charge in [0.15, 0.2) is 0 Å². The van der Waals surface area contributed by atoms with Gasteiger partial charge in [-0.05, 0) is 38.1 Å². The first-order valence-corrected chi connectivity index (χ1v) is 4.92. The zero-order chi connectivity index (χ0) is 11.3. The molecule has 0 bridgehead atoms. The minimum Gasteiger partial charge on any atom is -0.306 e. The van der Waals surface area contributed by atoms with E-state index in [4.69, 9.17) is 11.6 Å². The number of hydrogen-bond donors (Lipinski definition) is 2. The predicted molar refractivity (Wildman–Crippen MR) is 61.5 cm³/mol. The molecule has 0 heterocycles. The van der Waals surface area contributed by atoms with Crippen molar-refractivity contribution in [2.75, 3.05) is 0 Å². The van der Waals surface area contributed by atoms with Gasteiger partial charge in [-0.15, -0.1) is 0 Å². The highest BCUT2D eigenvalue weighted by molar-refractivity contribution is 6.30. The smallest absolute Gasteiger partial charge is 0.269 e. The SMILES string of the molecule is CC(C)=CNNC(=O)c1ccc(Cl)cc1. The fourth-order valence-corrected chi connectivity index (χ4v) is 1.05. The molecular formula is C11H13ClN2O. The molecule has 2 N–H and O–H groups in total. The normalized spacial score (nSPS) is 9.27. The van der Waals surface area contributed by atoms with E-state index in [2.05, 4.69) is 10.9 Å². The monoisotopic (exact) mass is 224 g/mol. The van der Waals surface area contributed by atoms with Crippen LogP contribution in [0.2, 0.25) is 5.02 Å². The third kappa shape index (κ3) is 4.04. The summed E-state index contributed by atoms with van der Waals surface area (Å²) in [6.07, 6.45) is 1.72. The number of hydrazine groups is 1. The first-order valence-electron chi connectivity index (χ1n) is 4.54. The van der Waals surface area contributed by atoms with Crippen molar-refractivity contribution in [3.8, 4) is 0 Å². The molecule has 4 heteroatoms. The molecular weight excluding hydrogens is 212 g/mol. The lowest BCUT2D eigenvalue weighted by molar-refractivity contribution is 0.0941. The van der Waals surface area contributed by atoms with E-state index in [1.54, 1.807) is 30.5 Å². The van der Waals surface area contributed by atoms with Gasteiger partial charge in [0.25, 0.3) is 5.91 Å². The molecule has 0 saturated carbocycles. The van der Waals surface area contributed by atoms with Crippen molar-refractivity contribution in [2.24, 2.45) is 0 Å². The van der Waals surface area contributed by atoms with E-state index in [0.29, 0.717) is 10.6 Å². The Morgan fingerprint density at radius 1 is 1.27 bits per heavy atom. The number of benzene rings is 1. The van der Waals surface area contributed by atoms with Gasteiger partial charge >= 0.3 is 0 Å². The zero-order valence-corrected chi connectivity index (χ0v) is 9.43. The van der Waals surface area contributed by atoms with Crippen molar-refractivity contribution >= 4 is 17.5 Å². The maximum Gasteiger partial charge on any atom is 0.269 e. The molecule has 0 saturated heterocycles. The van der Waals surface area contributed by atoms with Gasteiger partial charge in [0, 0.05) is 16.8 Å². The summed E-state index contributed by atoms with van der Waals surface area (Å²) in [6, 6.07) is 6.69. The lowest BCUT2D eigenvalue weighted by atomic mass is 10.2. The van der Waals surface area contributed by atoms with Gasteiger partial charge in [-0.3, -0.25) is 10.2 Å². The van der Waals surface area contributed by atoms with Crippen LogP contribution in [-0.4, -0.2) is 5.91 Å². The highest BCUT2D eigenvalue weighted by Gasteiger charge is 2.02. The fourth-order valence-electron chi connectivity index (χ4n) is 0.919. The van der Waals surface area contributed by atoms with Gasteiger partial charge in [-0.25, -0.2) is 0 Å². The number of nitrogens with one attached hydrogen (secondary N) is 2. The lowest BCUT2D eigenvalue weighted by Crippen LogP contribution is -2.33. The second-order valence-corrected chi connectivity index (χ2v) is 3.76. The Hall–Kier alpha value is -1.48. The van der Waals surface area contributed by atoms with Crippen molar-refractivity contribution in [2.45, 2.75) is 13.8 Å². The summed E-state index contributed by atoms with van der Waals surface area (Å²) in [4.78, 5) is 11.5. The maximum atomic E-state index is 11.5. The van der Waals surface area contributed by atoms with E-state index in [9.17, 15) is 4.79 Å². The Labute approximate surface area is 94.1 Å². The van der Waals surface area contributed by atoms with E-state index in [-0.39, 0.29) is 5.91 Å². The third-order valence-electron chi connectivity index (χ3n) is 1.65. The number of carbonyl (C=O) groups excluding carboxylic acids is 1. The summed E-state index contributed by atoms with van der Waals surface area (Å²) in [5.41, 5.74) is 6.88. The molecule has 15 heavy (non-hydrogen) atoms. The van der Waals surface area contributed by atoms with Crippen LogP contribution >= 0.6 is 11.6 Å². The quantitative estimate of drug-likeness (QED) is 0.775. The Bertz CT molecular complexity index is 367. The maximum absolute atomic E-state index is 11.5. The molecule has 0 radical (unpaired) electrons. The summed E-state index contributed by atoms with van der Waals surface area (Å²) in [5.74, 6) is -0.191. The zero-order valence-electron chi connectivity index (χ0n) is 8.67. The molecule has 0 aliphatic carbocycles. The molecule has 0 aliphatic rings. The van der Waals surface area contributed by atoms with Crippen LogP contribution in [0.15, 0.2) is 36.0 Å². The van der Waals surface area contributed by atoms with Crippen LogP contribution < -0.4 is 10.9 Å². The molecule has 0 fully saturated rings. The molecule has 1 aromatic rings. The Morgan fingerprint density at radius 3 is 2.40 bits per heavy atom. The largest absolute Gasteiger partial charge is 0.306 e. The summed E-state index contributed by atoms with van der Waals surface area (Å²) in [7, 11) is 0. The summed E-state index contributed by atoms with van der Waals surface area (Å²) >= 11 is 5.71. The van der Waals surface area contributed by atoms with Gasteiger partial charge in [0.05, 0.1) is 0 Å². The minimum atomic E-state index is -0.191. The lowest BCUT2D eigenvalue weighted by Gasteiger charge is -2.04. The predicted octanol–water partition coefficient (Wildman–Crippen LogP) is 2.50. The fraction of sp³-hybridized carbons (Fsp3) is 0.182. The molecule has 3 nitrogen and oxygen atoms in total. The van der Waals surface area contributed by atoms with Gasteiger partial charge in [-0.1, -0.05) is 17.2 Å². The minimum absolute atomic E-state index is 0.191. The molecule has 1 amide bonds. The van der Waals surface area contributed by atoms with E-state index in [1.807, 2.05) is 13.8 Å². The standard InChI is InChI=1S/C11H13ClN2O/c1-8(2)7-13-14-11(15)9-3-5-10(12)6-4-9/h3-7,13H,1-2H3,(H,14,15). The van der Waals surface area contributed by atoms with Crippen molar-refractivity contribution in [3.63, 3.8) is 0 Å². The Morgan fingerprint density at radius 2 is 1.87 bits per heavy atom. The number of carbonyl (C=O) groups is 1. The molecule has 1 aromatic carbocycles. The van der Waals surface area contributed by atoms with Crippen molar-refractivity contribution < 1.29 is 4.79 Å². The molecule has 1 rings (SSSR count). The average Bonchev–Trinajstić information content (AvgIpc) is 2.18. The molecule has 0 atom stereocenters. The number of allylic oxidation sites excluding steroid dienone is 1. The number of rotatable bonds is 3. The first kappa shape index (κ1) is 11.6. The molecule has 0 spiro atoms. The Balaban J connectivity index is 2.54. The highest BCUT2D eigenvalue weighted by atomic mass is 35.5. The Kier molecular flexibility index (Phi) is 4.18. The van der Waals surface area contributed by atoms with Crippen molar-refractivity contribution in [3.05, 3.63) is 46.6 Å². The van der Waals surface area contributed by atoms with Gasteiger partial charge in [0.2, 0.25) is 0 Å². The van der Waals surface area contributed by atoms with Gasteiger partial charge in [0.1, 0.15) is 0 Å². The van der Waals surface area contributed by atoms with E-state index >= 15 is 0 Å². The summed E-state index contributed by atoms with van der Waals surface area (Å²) < 4.78 is 0. The molecule has 80 valence electrons. The van der Waals surface area contributed by atoms with Crippen LogP contribution in [0.4, 0.5) is 0 Å². The summed E-state index contributed by atoms with van der Waals surface area (Å²) in [6.45, 7) is 3.86. The second kappa shape index (κ2) is 5.41. The van der Waals surface area contributed by atoms with Crippen molar-refractivity contribution in [1.29, 1.82) is 0 Å². The number of amides is 1. The van der Waals surface area contributed by atoms with Crippen LogP contribution in [0, 0.1) is 0 Å². The number of halogens is 1. The van der Waals surface area contributed by atoms with E-state index in [0.717, 1.165) is 5.57 Å². The van der Waals surface area contributed by atoms with Crippen LogP contribution in [0.1, 0.15) is 24.2 Å². The molecule has 0 aliphatic heterocycles. The molecule has 0 aromatic heterocycles. The first-order chi connectivity index (χ1) is 7.09. The summed E-state index contributed by atoms with van der Waals surface area (Å²) in [5, 5.41) is 0.615. The van der Waals surface area contributed by atoms with Crippen LogP contribution in [0.3, 0.4) is 0 Å². The van der Waals surface area contributed by atoms with Crippen molar-refractivity contribution in [1.82, 2.24) is 10.9 Å². The third-order valence-corrected chi connectivity index (χ3v) is 1.90. The van der Waals surface area contributed by atoms with Crippen LogP contribution in [0.5, 0.6) is 0 Å². The van der Waals surface area contributed by atoms with Gasteiger partial charge in [-0.2, -0.15) is 0 Å². The van der Waals surface area contributed by atoms with E-state index < -0.39 is 0 Å². The second-order valence-electron chi connectivity index (χ2n) is 3.33. The highest BCUT2D eigenvalue weighted by Crippen LogP contribution is 2.08.